The number of halogens is 1. The van der Waals surface area contributed by atoms with Gasteiger partial charge < -0.3 is 4.90 Å². The first kappa shape index (κ1) is 15.2. The first-order valence-corrected chi connectivity index (χ1v) is 7.16. The smallest absolute Gasteiger partial charge is 0.171 e. The van der Waals surface area contributed by atoms with Gasteiger partial charge in [-0.15, -0.1) is 0 Å². The summed E-state index contributed by atoms with van der Waals surface area (Å²) in [6.07, 6.45) is 3.40. The summed E-state index contributed by atoms with van der Waals surface area (Å²) >= 11 is 6.26. The molecule has 0 bridgehead atoms. The van der Waals surface area contributed by atoms with Gasteiger partial charge in [-0.1, -0.05) is 31.9 Å². The average Bonchev–Trinajstić information content (AvgIpc) is 2.35. The van der Waals surface area contributed by atoms with Crippen LogP contribution in [0, 0.1) is 13.8 Å². The minimum Gasteiger partial charge on any atom is -0.351 e. The highest BCUT2D eigenvalue weighted by atomic mass is 35.5. The molecule has 0 saturated heterocycles. The molecule has 0 N–H and O–H groups in total. The fourth-order valence-corrected chi connectivity index (χ4v) is 2.11. The topological polar surface area (TPSA) is 29.0 Å². The lowest BCUT2D eigenvalue weighted by Crippen LogP contribution is -2.34. The molecule has 4 heteroatoms. The molecule has 0 aliphatic heterocycles. The Bertz CT molecular complexity index is 393. The van der Waals surface area contributed by atoms with Crippen LogP contribution in [0.25, 0.3) is 0 Å². The average molecular weight is 270 g/mol. The Balaban J connectivity index is 3.07. The molecule has 0 saturated carbocycles. The summed E-state index contributed by atoms with van der Waals surface area (Å²) in [7, 11) is 0. The summed E-state index contributed by atoms with van der Waals surface area (Å²) in [6.45, 7) is 11.5. The van der Waals surface area contributed by atoms with Crippen LogP contribution in [0.3, 0.4) is 0 Å². The molecule has 1 aromatic heterocycles. The van der Waals surface area contributed by atoms with Crippen LogP contribution in [0.2, 0.25) is 5.15 Å². The van der Waals surface area contributed by atoms with E-state index in [4.69, 9.17) is 11.6 Å². The number of aryl methyl sites for hydroxylation is 2. The first-order chi connectivity index (χ1) is 8.51. The highest BCUT2D eigenvalue weighted by Crippen LogP contribution is 2.25. The Labute approximate surface area is 116 Å². The number of aromatic nitrogens is 2. The predicted molar refractivity (Wildman–Crippen MR) is 78.5 cm³/mol. The van der Waals surface area contributed by atoms with E-state index in [0.717, 1.165) is 36.6 Å². The van der Waals surface area contributed by atoms with Crippen molar-refractivity contribution in [2.75, 3.05) is 11.4 Å². The summed E-state index contributed by atoms with van der Waals surface area (Å²) < 4.78 is 0. The molecule has 0 radical (unpaired) electrons. The van der Waals surface area contributed by atoms with Gasteiger partial charge >= 0.3 is 0 Å². The molecule has 18 heavy (non-hydrogen) atoms. The normalized spacial score (nSPS) is 12.6. The fraction of sp³-hybridized carbons (Fsp3) is 0.714. The summed E-state index contributed by atoms with van der Waals surface area (Å²) in [6, 6.07) is 0.436. The van der Waals surface area contributed by atoms with Crippen molar-refractivity contribution in [1.82, 2.24) is 9.97 Å². The Kier molecular flexibility index (Phi) is 5.86. The zero-order valence-electron chi connectivity index (χ0n) is 12.1. The molecule has 1 atom stereocenters. The van der Waals surface area contributed by atoms with E-state index in [2.05, 4.69) is 35.6 Å². The monoisotopic (exact) mass is 269 g/mol. The van der Waals surface area contributed by atoms with Crippen molar-refractivity contribution >= 4 is 17.4 Å². The lowest BCUT2D eigenvalue weighted by molar-refractivity contribution is 0.587. The Hall–Kier alpha value is -0.830. The van der Waals surface area contributed by atoms with Crippen molar-refractivity contribution in [2.24, 2.45) is 0 Å². The molecule has 0 spiro atoms. The van der Waals surface area contributed by atoms with Gasteiger partial charge in [-0.05, 0) is 33.6 Å². The van der Waals surface area contributed by atoms with E-state index in [9.17, 15) is 0 Å². The van der Waals surface area contributed by atoms with Crippen LogP contribution in [0.15, 0.2) is 0 Å². The maximum Gasteiger partial charge on any atom is 0.171 e. The third kappa shape index (κ3) is 3.58. The number of anilines is 1. The Morgan fingerprint density at radius 2 is 1.78 bits per heavy atom. The minimum absolute atomic E-state index is 0.436. The maximum atomic E-state index is 6.26. The van der Waals surface area contributed by atoms with Gasteiger partial charge in [-0.2, -0.15) is 0 Å². The zero-order chi connectivity index (χ0) is 13.7. The van der Waals surface area contributed by atoms with Crippen molar-refractivity contribution in [3.05, 3.63) is 16.5 Å². The van der Waals surface area contributed by atoms with Gasteiger partial charge in [0.2, 0.25) is 0 Å². The van der Waals surface area contributed by atoms with Gasteiger partial charge in [0.15, 0.2) is 11.0 Å². The number of nitrogens with zero attached hydrogens (tertiary/aromatic N) is 3. The maximum absolute atomic E-state index is 6.26. The molecule has 0 aliphatic carbocycles. The lowest BCUT2D eigenvalue weighted by atomic mass is 10.2. The summed E-state index contributed by atoms with van der Waals surface area (Å²) in [4.78, 5) is 11.3. The largest absolute Gasteiger partial charge is 0.351 e. The van der Waals surface area contributed by atoms with E-state index in [1.807, 2.05) is 13.8 Å². The second-order valence-corrected chi connectivity index (χ2v) is 5.17. The number of rotatable bonds is 6. The van der Waals surface area contributed by atoms with Gasteiger partial charge in [0.05, 0.1) is 11.4 Å². The second-order valence-electron chi connectivity index (χ2n) is 4.81. The van der Waals surface area contributed by atoms with Crippen molar-refractivity contribution in [3.63, 3.8) is 0 Å². The van der Waals surface area contributed by atoms with Gasteiger partial charge in [0.1, 0.15) is 0 Å². The molecule has 102 valence electrons. The molecule has 3 nitrogen and oxygen atoms in total. The number of hydrogen-bond acceptors (Lipinski definition) is 3. The van der Waals surface area contributed by atoms with E-state index in [-0.39, 0.29) is 0 Å². The third-order valence-corrected chi connectivity index (χ3v) is 3.65. The molecule has 1 aromatic rings. The molecular formula is C14H24ClN3. The van der Waals surface area contributed by atoms with Gasteiger partial charge in [0.25, 0.3) is 0 Å². The highest BCUT2D eigenvalue weighted by Gasteiger charge is 2.18. The molecule has 0 aromatic carbocycles. The van der Waals surface area contributed by atoms with Gasteiger partial charge in [-0.3, -0.25) is 0 Å². The van der Waals surface area contributed by atoms with Crippen molar-refractivity contribution < 1.29 is 0 Å². The van der Waals surface area contributed by atoms with E-state index >= 15 is 0 Å². The quantitative estimate of drug-likeness (QED) is 0.777. The predicted octanol–water partition coefficient (Wildman–Crippen LogP) is 4.15. The standard InChI is InChI=1S/C14H24ClN3/c1-6-8-9-18(10(3)7-2)14-13(15)16-11(4)12(5)17-14/h10H,6-9H2,1-5H3. The second kappa shape index (κ2) is 6.93. The van der Waals surface area contributed by atoms with Crippen LogP contribution < -0.4 is 4.90 Å². The van der Waals surface area contributed by atoms with Gasteiger partial charge in [0, 0.05) is 12.6 Å². The van der Waals surface area contributed by atoms with E-state index in [1.165, 1.54) is 6.42 Å². The SMILES string of the molecule is CCCCN(c1nc(C)c(C)nc1Cl)C(C)CC. The molecule has 0 aliphatic rings. The Morgan fingerprint density at radius 3 is 2.33 bits per heavy atom. The molecule has 0 amide bonds. The van der Waals surface area contributed by atoms with Crippen molar-refractivity contribution in [3.8, 4) is 0 Å². The van der Waals surface area contributed by atoms with Crippen LogP contribution in [-0.4, -0.2) is 22.6 Å². The van der Waals surface area contributed by atoms with E-state index < -0.39 is 0 Å². The molecule has 1 heterocycles. The fourth-order valence-electron chi connectivity index (χ4n) is 1.83. The molecular weight excluding hydrogens is 246 g/mol. The van der Waals surface area contributed by atoms with Crippen LogP contribution in [-0.2, 0) is 0 Å². The van der Waals surface area contributed by atoms with E-state index in [1.54, 1.807) is 0 Å². The molecule has 1 rings (SSSR count). The highest BCUT2D eigenvalue weighted by molar-refractivity contribution is 6.31. The number of hydrogen-bond donors (Lipinski definition) is 0. The Morgan fingerprint density at radius 1 is 1.17 bits per heavy atom. The first-order valence-electron chi connectivity index (χ1n) is 6.78. The van der Waals surface area contributed by atoms with Gasteiger partial charge in [-0.25, -0.2) is 9.97 Å². The summed E-state index contributed by atoms with van der Waals surface area (Å²) in [5, 5.41) is 0.523. The van der Waals surface area contributed by atoms with Crippen LogP contribution in [0.5, 0.6) is 0 Å². The summed E-state index contributed by atoms with van der Waals surface area (Å²) in [5.41, 5.74) is 1.86. The minimum atomic E-state index is 0.436. The lowest BCUT2D eigenvalue weighted by Gasteiger charge is -2.30. The molecule has 0 fully saturated rings. The van der Waals surface area contributed by atoms with Crippen molar-refractivity contribution in [1.29, 1.82) is 0 Å². The molecule has 1 unspecified atom stereocenters. The van der Waals surface area contributed by atoms with Crippen LogP contribution >= 0.6 is 11.6 Å². The zero-order valence-corrected chi connectivity index (χ0v) is 12.9. The van der Waals surface area contributed by atoms with Crippen LogP contribution in [0.4, 0.5) is 5.82 Å². The summed E-state index contributed by atoms with van der Waals surface area (Å²) in [5.74, 6) is 0.836. The van der Waals surface area contributed by atoms with E-state index in [0.29, 0.717) is 11.2 Å². The van der Waals surface area contributed by atoms with Crippen molar-refractivity contribution in [2.45, 2.75) is 59.9 Å². The third-order valence-electron chi connectivity index (χ3n) is 3.40. The number of unbranched alkanes of at least 4 members (excludes halogenated alkanes) is 1. The van der Waals surface area contributed by atoms with Crippen LogP contribution in [0.1, 0.15) is 51.4 Å².